The Bertz CT molecular complexity index is 782. The molecule has 122 valence electrons. The zero-order valence-corrected chi connectivity index (χ0v) is 14.2. The molecule has 0 aliphatic carbocycles. The van der Waals surface area contributed by atoms with E-state index in [2.05, 4.69) is 15.0 Å². The average molecular weight is 333 g/mol. The number of anilines is 1. The largest absolute Gasteiger partial charge is 0.348 e. The Morgan fingerprint density at radius 3 is 2.91 bits per heavy atom. The highest BCUT2D eigenvalue weighted by Crippen LogP contribution is 2.28. The summed E-state index contributed by atoms with van der Waals surface area (Å²) in [5, 5.41) is 0. The van der Waals surface area contributed by atoms with Gasteiger partial charge in [-0.15, -0.1) is 11.3 Å². The summed E-state index contributed by atoms with van der Waals surface area (Å²) in [5.74, 6) is 0.647. The van der Waals surface area contributed by atoms with Crippen LogP contribution in [0.5, 0.6) is 0 Å². The van der Waals surface area contributed by atoms with E-state index in [1.807, 2.05) is 25.9 Å². The molecule has 0 saturated carbocycles. The van der Waals surface area contributed by atoms with Crippen molar-refractivity contribution in [2.75, 3.05) is 32.1 Å². The number of amides is 1. The smallest absolute Gasteiger partial charge is 0.265 e. The van der Waals surface area contributed by atoms with Gasteiger partial charge in [-0.2, -0.15) is 0 Å². The summed E-state index contributed by atoms with van der Waals surface area (Å²) in [6, 6.07) is 1.53. The fraction of sp³-hybridized carbons (Fsp3) is 0.467. The molecule has 8 heteroatoms. The highest BCUT2D eigenvalue weighted by Gasteiger charge is 2.30. The topological polar surface area (TPSA) is 82.2 Å². The van der Waals surface area contributed by atoms with Crippen LogP contribution in [0.2, 0.25) is 0 Å². The van der Waals surface area contributed by atoms with Crippen LogP contribution in [0.3, 0.4) is 0 Å². The van der Waals surface area contributed by atoms with Crippen LogP contribution in [0.25, 0.3) is 0 Å². The van der Waals surface area contributed by atoms with Crippen molar-refractivity contribution in [3.8, 4) is 0 Å². The van der Waals surface area contributed by atoms with Gasteiger partial charge in [0.1, 0.15) is 4.88 Å². The molecule has 1 aliphatic heterocycles. The first kappa shape index (κ1) is 15.7. The molecule has 2 aromatic rings. The first-order valence-electron chi connectivity index (χ1n) is 7.43. The van der Waals surface area contributed by atoms with Crippen LogP contribution in [0.1, 0.15) is 33.4 Å². The van der Waals surface area contributed by atoms with Crippen molar-refractivity contribution in [1.29, 1.82) is 0 Å². The minimum atomic E-state index is -0.165. The lowest BCUT2D eigenvalue weighted by molar-refractivity contribution is 0.0794. The third-order valence-electron chi connectivity index (χ3n) is 4.01. The van der Waals surface area contributed by atoms with Crippen LogP contribution in [-0.4, -0.2) is 52.9 Å². The van der Waals surface area contributed by atoms with Crippen molar-refractivity contribution >= 4 is 23.2 Å². The molecule has 1 atom stereocenters. The van der Waals surface area contributed by atoms with Crippen LogP contribution in [0.15, 0.2) is 16.4 Å². The summed E-state index contributed by atoms with van der Waals surface area (Å²) in [4.78, 5) is 40.0. The highest BCUT2D eigenvalue weighted by molar-refractivity contribution is 7.11. The lowest BCUT2D eigenvalue weighted by Crippen LogP contribution is -2.28. The number of rotatable bonds is 3. The Balaban J connectivity index is 1.79. The second-order valence-electron chi connectivity index (χ2n) is 5.89. The van der Waals surface area contributed by atoms with Crippen LogP contribution in [0.4, 0.5) is 5.95 Å². The predicted octanol–water partition coefficient (Wildman–Crippen LogP) is 1.23. The van der Waals surface area contributed by atoms with Gasteiger partial charge in [0.25, 0.3) is 11.5 Å². The molecule has 1 saturated heterocycles. The molecule has 1 N–H and O–H groups in total. The zero-order chi connectivity index (χ0) is 16.6. The molecular formula is C15H19N5O2S. The normalized spacial score (nSPS) is 17.5. The molecule has 1 amide bonds. The van der Waals surface area contributed by atoms with Gasteiger partial charge in [-0.05, 0) is 13.3 Å². The molecule has 3 rings (SSSR count). The quantitative estimate of drug-likeness (QED) is 0.913. The zero-order valence-electron chi connectivity index (χ0n) is 13.4. The van der Waals surface area contributed by atoms with E-state index < -0.39 is 0 Å². The number of likely N-dealkylation sites (tertiary alicyclic amines) is 1. The number of H-pyrrole nitrogens is 1. The fourth-order valence-corrected chi connectivity index (χ4v) is 3.49. The maximum atomic E-state index is 12.5. The van der Waals surface area contributed by atoms with Gasteiger partial charge in [0.2, 0.25) is 5.95 Å². The second-order valence-corrected chi connectivity index (χ2v) is 6.75. The Kier molecular flexibility index (Phi) is 4.16. The number of aromatic amines is 1. The molecule has 7 nitrogen and oxygen atoms in total. The SMILES string of the molecule is Cc1ncsc1C(=O)N1CC[C@@H](c2cc(=O)[nH]c(N(C)C)n2)C1. The number of hydrogen-bond acceptors (Lipinski definition) is 6. The van der Waals surface area contributed by atoms with Gasteiger partial charge >= 0.3 is 0 Å². The number of carbonyl (C=O) groups excluding carboxylic acids is 1. The van der Waals surface area contributed by atoms with E-state index >= 15 is 0 Å². The van der Waals surface area contributed by atoms with Gasteiger partial charge in [-0.3, -0.25) is 14.6 Å². The number of carbonyl (C=O) groups is 1. The van der Waals surface area contributed by atoms with Gasteiger partial charge in [-0.1, -0.05) is 0 Å². The summed E-state index contributed by atoms with van der Waals surface area (Å²) in [7, 11) is 3.66. The van der Waals surface area contributed by atoms with Crippen molar-refractivity contribution in [3.63, 3.8) is 0 Å². The van der Waals surface area contributed by atoms with Crippen LogP contribution < -0.4 is 10.5 Å². The minimum absolute atomic E-state index is 0.0187. The number of thiazole rings is 1. The van der Waals surface area contributed by atoms with E-state index in [9.17, 15) is 9.59 Å². The number of nitrogens with zero attached hydrogens (tertiary/aromatic N) is 4. The molecule has 0 aromatic carbocycles. The molecule has 3 heterocycles. The number of nitrogens with one attached hydrogen (secondary N) is 1. The molecule has 0 radical (unpaired) electrons. The first-order chi connectivity index (χ1) is 11.0. The molecule has 0 unspecified atom stereocenters. The Labute approximate surface area is 138 Å². The lowest BCUT2D eigenvalue weighted by atomic mass is 10.1. The summed E-state index contributed by atoms with van der Waals surface area (Å²) >= 11 is 1.37. The summed E-state index contributed by atoms with van der Waals surface area (Å²) in [6.45, 7) is 3.10. The molecule has 1 aliphatic rings. The highest BCUT2D eigenvalue weighted by atomic mass is 32.1. The van der Waals surface area contributed by atoms with Crippen LogP contribution in [0, 0.1) is 6.92 Å². The van der Waals surface area contributed by atoms with Crippen molar-refractivity contribution in [2.45, 2.75) is 19.3 Å². The van der Waals surface area contributed by atoms with E-state index in [1.54, 1.807) is 10.4 Å². The maximum Gasteiger partial charge on any atom is 0.265 e. The molecular weight excluding hydrogens is 314 g/mol. The minimum Gasteiger partial charge on any atom is -0.348 e. The molecule has 23 heavy (non-hydrogen) atoms. The molecule has 0 spiro atoms. The maximum absolute atomic E-state index is 12.5. The number of aromatic nitrogens is 3. The van der Waals surface area contributed by atoms with E-state index in [-0.39, 0.29) is 17.4 Å². The average Bonchev–Trinajstić information content (AvgIpc) is 3.14. The van der Waals surface area contributed by atoms with Crippen molar-refractivity contribution < 1.29 is 4.79 Å². The van der Waals surface area contributed by atoms with E-state index in [0.717, 1.165) is 17.8 Å². The lowest BCUT2D eigenvalue weighted by Gasteiger charge is -2.17. The Morgan fingerprint density at radius 2 is 2.26 bits per heavy atom. The van der Waals surface area contributed by atoms with Gasteiger partial charge in [0, 0.05) is 39.2 Å². The number of aryl methyl sites for hydroxylation is 1. The molecule has 2 aromatic heterocycles. The van der Waals surface area contributed by atoms with Crippen molar-refractivity contribution in [3.05, 3.63) is 38.2 Å². The van der Waals surface area contributed by atoms with Crippen LogP contribution >= 0.6 is 11.3 Å². The van der Waals surface area contributed by atoms with Crippen molar-refractivity contribution in [1.82, 2.24) is 19.9 Å². The number of hydrogen-bond donors (Lipinski definition) is 1. The summed E-state index contributed by atoms with van der Waals surface area (Å²) in [6.07, 6.45) is 0.812. The fourth-order valence-electron chi connectivity index (χ4n) is 2.72. The third kappa shape index (κ3) is 3.12. The summed E-state index contributed by atoms with van der Waals surface area (Å²) < 4.78 is 0. The van der Waals surface area contributed by atoms with Gasteiger partial charge in [0.15, 0.2) is 0 Å². The van der Waals surface area contributed by atoms with E-state index in [0.29, 0.717) is 23.9 Å². The monoisotopic (exact) mass is 333 g/mol. The van der Waals surface area contributed by atoms with E-state index in [1.165, 1.54) is 17.4 Å². The Hall–Kier alpha value is -2.22. The third-order valence-corrected chi connectivity index (χ3v) is 4.92. The Morgan fingerprint density at radius 1 is 1.48 bits per heavy atom. The standard InChI is InChI=1S/C15H19N5O2S/c1-9-13(23-8-16-9)14(22)20-5-4-10(7-20)11-6-12(21)18-15(17-11)19(2)3/h6,8,10H,4-5,7H2,1-3H3,(H,17,18,21)/t10-/m1/s1. The molecule has 1 fully saturated rings. The predicted molar refractivity (Wildman–Crippen MR) is 89.3 cm³/mol. The van der Waals surface area contributed by atoms with Gasteiger partial charge in [0.05, 0.1) is 16.9 Å². The van der Waals surface area contributed by atoms with E-state index in [4.69, 9.17) is 0 Å². The summed E-state index contributed by atoms with van der Waals surface area (Å²) in [5.41, 5.74) is 3.04. The van der Waals surface area contributed by atoms with Crippen LogP contribution in [-0.2, 0) is 0 Å². The van der Waals surface area contributed by atoms with Crippen molar-refractivity contribution in [2.24, 2.45) is 0 Å². The molecule has 0 bridgehead atoms. The second kappa shape index (κ2) is 6.11. The van der Waals surface area contributed by atoms with Gasteiger partial charge < -0.3 is 9.80 Å². The first-order valence-corrected chi connectivity index (χ1v) is 8.31. The van der Waals surface area contributed by atoms with Gasteiger partial charge in [-0.25, -0.2) is 9.97 Å².